The zero-order valence-electron chi connectivity index (χ0n) is 10.7. The summed E-state index contributed by atoms with van der Waals surface area (Å²) >= 11 is 0. The monoisotopic (exact) mass is 257 g/mol. The molecule has 1 heterocycles. The van der Waals surface area contributed by atoms with Crippen molar-refractivity contribution in [3.05, 3.63) is 53.2 Å². The molecule has 98 valence electrons. The molecule has 1 aromatic carbocycles. The molecule has 0 fully saturated rings. The number of ether oxygens (including phenoxy) is 1. The van der Waals surface area contributed by atoms with Crippen LogP contribution in [0, 0.1) is 6.92 Å². The van der Waals surface area contributed by atoms with E-state index in [2.05, 4.69) is 4.98 Å². The number of hydrogen-bond donors (Lipinski definition) is 1. The van der Waals surface area contributed by atoms with Gasteiger partial charge in [0.05, 0.1) is 18.0 Å². The minimum atomic E-state index is 0.000805. The second kappa shape index (κ2) is 6.11. The highest BCUT2D eigenvalue weighted by atomic mass is 16.5. The van der Waals surface area contributed by atoms with Gasteiger partial charge in [0.1, 0.15) is 6.61 Å². The number of pyridine rings is 1. The van der Waals surface area contributed by atoms with Crippen LogP contribution in [0.5, 0.6) is 0 Å². The lowest BCUT2D eigenvalue weighted by atomic mass is 10.1. The van der Waals surface area contributed by atoms with Crippen molar-refractivity contribution in [1.82, 2.24) is 4.98 Å². The van der Waals surface area contributed by atoms with Gasteiger partial charge in [-0.05, 0) is 30.2 Å². The number of aliphatic hydroxyl groups is 1. The van der Waals surface area contributed by atoms with Crippen LogP contribution in [0.15, 0.2) is 36.4 Å². The van der Waals surface area contributed by atoms with E-state index in [1.807, 2.05) is 43.3 Å². The lowest BCUT2D eigenvalue weighted by molar-refractivity contribution is -0.129. The molecular formula is C15H15NO3. The van der Waals surface area contributed by atoms with Crippen molar-refractivity contribution in [3.63, 3.8) is 0 Å². The zero-order valence-corrected chi connectivity index (χ0v) is 10.7. The summed E-state index contributed by atoms with van der Waals surface area (Å²) in [5.41, 5.74) is 4.28. The number of aromatic nitrogens is 1. The van der Waals surface area contributed by atoms with E-state index >= 15 is 0 Å². The summed E-state index contributed by atoms with van der Waals surface area (Å²) in [4.78, 5) is 14.7. The predicted octanol–water partition coefficient (Wildman–Crippen LogP) is 2.22. The maximum absolute atomic E-state index is 10.3. The molecule has 1 aromatic heterocycles. The van der Waals surface area contributed by atoms with Gasteiger partial charge in [-0.15, -0.1) is 0 Å². The quantitative estimate of drug-likeness (QED) is 0.834. The Bertz CT molecular complexity index is 581. The van der Waals surface area contributed by atoms with E-state index in [-0.39, 0.29) is 13.2 Å². The standard InChI is InChI=1S/C15H15NO3/c1-11-5-6-14(16-15(11)9-19-10-18)13-4-2-3-12(7-13)8-17/h2-7,10,17H,8-9H2,1H3. The number of aryl methyl sites for hydroxylation is 1. The largest absolute Gasteiger partial charge is 0.461 e. The Morgan fingerprint density at radius 1 is 1.32 bits per heavy atom. The third-order valence-electron chi connectivity index (χ3n) is 2.90. The van der Waals surface area contributed by atoms with Crippen molar-refractivity contribution in [1.29, 1.82) is 0 Å². The van der Waals surface area contributed by atoms with E-state index in [0.717, 1.165) is 28.1 Å². The SMILES string of the molecule is Cc1ccc(-c2cccc(CO)c2)nc1COC=O. The van der Waals surface area contributed by atoms with Crippen molar-refractivity contribution in [2.24, 2.45) is 0 Å². The fourth-order valence-electron chi connectivity index (χ4n) is 1.82. The predicted molar refractivity (Wildman–Crippen MR) is 71.2 cm³/mol. The molecular weight excluding hydrogens is 242 g/mol. The van der Waals surface area contributed by atoms with Gasteiger partial charge in [0, 0.05) is 5.56 Å². The molecule has 4 heteroatoms. The Hall–Kier alpha value is -2.20. The number of carbonyl (C=O) groups excluding carboxylic acids is 1. The molecule has 0 atom stereocenters. The fraction of sp³-hybridized carbons (Fsp3) is 0.200. The average molecular weight is 257 g/mol. The van der Waals surface area contributed by atoms with Crippen molar-refractivity contribution >= 4 is 6.47 Å². The first-order chi connectivity index (χ1) is 9.24. The zero-order chi connectivity index (χ0) is 13.7. The van der Waals surface area contributed by atoms with Crippen LogP contribution in [-0.2, 0) is 22.7 Å². The van der Waals surface area contributed by atoms with Crippen molar-refractivity contribution < 1.29 is 14.6 Å². The number of benzene rings is 1. The van der Waals surface area contributed by atoms with Gasteiger partial charge in [-0.2, -0.15) is 0 Å². The molecule has 0 bridgehead atoms. The number of nitrogens with zero attached hydrogens (tertiary/aromatic N) is 1. The average Bonchev–Trinajstić information content (AvgIpc) is 2.46. The summed E-state index contributed by atoms with van der Waals surface area (Å²) in [5.74, 6) is 0. The second-order valence-electron chi connectivity index (χ2n) is 4.23. The minimum Gasteiger partial charge on any atom is -0.461 e. The van der Waals surface area contributed by atoms with Crippen LogP contribution in [0.3, 0.4) is 0 Å². The lowest BCUT2D eigenvalue weighted by Gasteiger charge is -2.08. The summed E-state index contributed by atoms with van der Waals surface area (Å²) in [6.45, 7) is 2.51. The summed E-state index contributed by atoms with van der Waals surface area (Å²) < 4.78 is 4.75. The Kier molecular flexibility index (Phi) is 4.26. The third kappa shape index (κ3) is 3.17. The molecule has 0 aliphatic heterocycles. The molecule has 0 aliphatic rings. The smallest absolute Gasteiger partial charge is 0.293 e. The van der Waals surface area contributed by atoms with Crippen LogP contribution in [0.4, 0.5) is 0 Å². The topological polar surface area (TPSA) is 59.4 Å². The van der Waals surface area contributed by atoms with E-state index in [0.29, 0.717) is 6.47 Å². The van der Waals surface area contributed by atoms with Crippen LogP contribution in [0.25, 0.3) is 11.3 Å². The molecule has 19 heavy (non-hydrogen) atoms. The first-order valence-electron chi connectivity index (χ1n) is 5.96. The number of aliphatic hydroxyl groups excluding tert-OH is 1. The number of hydrogen-bond acceptors (Lipinski definition) is 4. The summed E-state index contributed by atoms with van der Waals surface area (Å²) in [6, 6.07) is 11.4. The molecule has 0 unspecified atom stereocenters. The van der Waals surface area contributed by atoms with Gasteiger partial charge in [-0.1, -0.05) is 24.3 Å². The van der Waals surface area contributed by atoms with Crippen molar-refractivity contribution in [2.75, 3.05) is 0 Å². The molecule has 0 amide bonds. The summed E-state index contributed by atoms with van der Waals surface area (Å²) in [6.07, 6.45) is 0. The van der Waals surface area contributed by atoms with E-state index in [4.69, 9.17) is 9.84 Å². The van der Waals surface area contributed by atoms with Crippen LogP contribution in [0.2, 0.25) is 0 Å². The number of rotatable bonds is 5. The van der Waals surface area contributed by atoms with Crippen LogP contribution >= 0.6 is 0 Å². The van der Waals surface area contributed by atoms with Gasteiger partial charge >= 0.3 is 0 Å². The number of carbonyl (C=O) groups is 1. The normalized spacial score (nSPS) is 10.2. The van der Waals surface area contributed by atoms with Crippen molar-refractivity contribution in [3.8, 4) is 11.3 Å². The van der Waals surface area contributed by atoms with Gasteiger partial charge in [-0.25, -0.2) is 4.98 Å². The molecule has 0 spiro atoms. The van der Waals surface area contributed by atoms with Gasteiger partial charge < -0.3 is 9.84 Å². The molecule has 2 aromatic rings. The van der Waals surface area contributed by atoms with Gasteiger partial charge in [0.15, 0.2) is 0 Å². The molecule has 0 aliphatic carbocycles. The van der Waals surface area contributed by atoms with Gasteiger partial charge in [-0.3, -0.25) is 4.79 Å². The minimum absolute atomic E-state index is 0.000805. The maximum Gasteiger partial charge on any atom is 0.293 e. The third-order valence-corrected chi connectivity index (χ3v) is 2.90. The molecule has 4 nitrogen and oxygen atoms in total. The van der Waals surface area contributed by atoms with Crippen molar-refractivity contribution in [2.45, 2.75) is 20.1 Å². The first kappa shape index (κ1) is 13.2. The van der Waals surface area contributed by atoms with E-state index in [1.54, 1.807) is 0 Å². The Morgan fingerprint density at radius 2 is 2.16 bits per heavy atom. The Labute approximate surface area is 111 Å². The molecule has 1 N–H and O–H groups in total. The highest BCUT2D eigenvalue weighted by molar-refractivity contribution is 5.60. The summed E-state index contributed by atoms with van der Waals surface area (Å²) in [7, 11) is 0. The van der Waals surface area contributed by atoms with E-state index < -0.39 is 0 Å². The summed E-state index contributed by atoms with van der Waals surface area (Å²) in [5, 5.41) is 9.14. The highest BCUT2D eigenvalue weighted by Crippen LogP contribution is 2.20. The highest BCUT2D eigenvalue weighted by Gasteiger charge is 2.05. The van der Waals surface area contributed by atoms with Crippen LogP contribution in [0.1, 0.15) is 16.8 Å². The first-order valence-corrected chi connectivity index (χ1v) is 5.96. The Morgan fingerprint density at radius 3 is 2.89 bits per heavy atom. The van der Waals surface area contributed by atoms with Crippen LogP contribution < -0.4 is 0 Å². The molecule has 0 radical (unpaired) electrons. The molecule has 2 rings (SSSR count). The molecule has 0 saturated heterocycles. The van der Waals surface area contributed by atoms with E-state index in [9.17, 15) is 4.79 Å². The van der Waals surface area contributed by atoms with Gasteiger partial charge in [0.25, 0.3) is 6.47 Å². The Balaban J connectivity index is 2.36. The van der Waals surface area contributed by atoms with Crippen LogP contribution in [-0.4, -0.2) is 16.6 Å². The molecule has 0 saturated carbocycles. The van der Waals surface area contributed by atoms with Gasteiger partial charge in [0.2, 0.25) is 0 Å². The fourth-order valence-corrected chi connectivity index (χ4v) is 1.82. The second-order valence-corrected chi connectivity index (χ2v) is 4.23. The van der Waals surface area contributed by atoms with E-state index in [1.165, 1.54) is 0 Å². The lowest BCUT2D eigenvalue weighted by Crippen LogP contribution is -1.99. The maximum atomic E-state index is 10.3.